The summed E-state index contributed by atoms with van der Waals surface area (Å²) in [4.78, 5) is 28.2. The summed E-state index contributed by atoms with van der Waals surface area (Å²) >= 11 is 0. The summed E-state index contributed by atoms with van der Waals surface area (Å²) in [6, 6.07) is 7.50. The molecule has 0 radical (unpaired) electrons. The minimum Gasteiger partial charge on any atom is -0.335 e. The highest BCUT2D eigenvalue weighted by Crippen LogP contribution is 2.19. The van der Waals surface area contributed by atoms with E-state index in [1.807, 2.05) is 56.9 Å². The standard InChI is InChI=1S/C16H22N2O2/c1-12-7-5-6-8-13(12)15(20)17-9-10-18(14(19)11-17)16(2,3)4/h5-8H,9-11H2,1-4H3. The Morgan fingerprint density at radius 3 is 2.35 bits per heavy atom. The molecule has 1 heterocycles. The molecule has 20 heavy (non-hydrogen) atoms. The van der Waals surface area contributed by atoms with Crippen molar-refractivity contribution in [3.05, 3.63) is 35.4 Å². The summed E-state index contributed by atoms with van der Waals surface area (Å²) in [7, 11) is 0. The summed E-state index contributed by atoms with van der Waals surface area (Å²) < 4.78 is 0. The number of piperazine rings is 1. The lowest BCUT2D eigenvalue weighted by molar-refractivity contribution is -0.140. The Kier molecular flexibility index (Phi) is 3.84. The van der Waals surface area contributed by atoms with Gasteiger partial charge in [-0.3, -0.25) is 9.59 Å². The van der Waals surface area contributed by atoms with E-state index < -0.39 is 0 Å². The van der Waals surface area contributed by atoms with Gasteiger partial charge in [-0.15, -0.1) is 0 Å². The van der Waals surface area contributed by atoms with Crippen molar-refractivity contribution in [3.8, 4) is 0 Å². The molecule has 1 aromatic carbocycles. The number of nitrogens with zero attached hydrogens (tertiary/aromatic N) is 2. The van der Waals surface area contributed by atoms with Crippen LogP contribution in [0.1, 0.15) is 36.7 Å². The molecule has 108 valence electrons. The van der Waals surface area contributed by atoms with Crippen LogP contribution in [0.4, 0.5) is 0 Å². The minimum absolute atomic E-state index is 0.0192. The highest BCUT2D eigenvalue weighted by Gasteiger charge is 2.33. The number of amides is 2. The SMILES string of the molecule is Cc1ccccc1C(=O)N1CCN(C(C)(C)C)C(=O)C1. The molecule has 0 aliphatic carbocycles. The van der Waals surface area contributed by atoms with E-state index in [9.17, 15) is 9.59 Å². The first-order chi connectivity index (χ1) is 9.30. The minimum atomic E-state index is -0.186. The van der Waals surface area contributed by atoms with Crippen molar-refractivity contribution in [2.24, 2.45) is 0 Å². The maximum atomic E-state index is 12.5. The molecule has 0 atom stereocenters. The van der Waals surface area contributed by atoms with E-state index in [0.29, 0.717) is 18.7 Å². The molecule has 1 aromatic rings. The Balaban J connectivity index is 2.12. The van der Waals surface area contributed by atoms with Crippen LogP contribution in [0.5, 0.6) is 0 Å². The monoisotopic (exact) mass is 274 g/mol. The number of benzene rings is 1. The van der Waals surface area contributed by atoms with E-state index >= 15 is 0 Å². The first-order valence-corrected chi connectivity index (χ1v) is 6.96. The molecular formula is C16H22N2O2. The quantitative estimate of drug-likeness (QED) is 0.786. The molecule has 2 amide bonds. The summed E-state index contributed by atoms with van der Waals surface area (Å²) in [6.45, 7) is 9.33. The number of hydrogen-bond acceptors (Lipinski definition) is 2. The lowest BCUT2D eigenvalue weighted by Gasteiger charge is -2.42. The van der Waals surface area contributed by atoms with Crippen LogP contribution in [0.15, 0.2) is 24.3 Å². The van der Waals surface area contributed by atoms with Gasteiger partial charge >= 0.3 is 0 Å². The largest absolute Gasteiger partial charge is 0.335 e. The zero-order valence-electron chi connectivity index (χ0n) is 12.6. The van der Waals surface area contributed by atoms with Gasteiger partial charge in [0.1, 0.15) is 6.54 Å². The second-order valence-electron chi connectivity index (χ2n) is 6.26. The third-order valence-corrected chi connectivity index (χ3v) is 3.69. The third kappa shape index (κ3) is 2.84. The van der Waals surface area contributed by atoms with Gasteiger partial charge in [-0.05, 0) is 39.3 Å². The van der Waals surface area contributed by atoms with E-state index in [-0.39, 0.29) is 23.9 Å². The van der Waals surface area contributed by atoms with E-state index in [4.69, 9.17) is 0 Å². The van der Waals surface area contributed by atoms with Crippen LogP contribution in [-0.2, 0) is 4.79 Å². The molecule has 1 aliphatic heterocycles. The van der Waals surface area contributed by atoms with E-state index in [2.05, 4.69) is 0 Å². The zero-order valence-corrected chi connectivity index (χ0v) is 12.6. The Morgan fingerprint density at radius 1 is 1.15 bits per heavy atom. The normalized spacial score (nSPS) is 16.5. The van der Waals surface area contributed by atoms with Crippen LogP contribution in [0.3, 0.4) is 0 Å². The van der Waals surface area contributed by atoms with Crippen LogP contribution in [-0.4, -0.2) is 46.8 Å². The van der Waals surface area contributed by atoms with E-state index in [0.717, 1.165) is 5.56 Å². The molecule has 4 nitrogen and oxygen atoms in total. The number of hydrogen-bond donors (Lipinski definition) is 0. The summed E-state index contributed by atoms with van der Waals surface area (Å²) in [5.41, 5.74) is 1.45. The average Bonchev–Trinajstić information content (AvgIpc) is 2.37. The molecule has 0 spiro atoms. The number of rotatable bonds is 1. The molecule has 4 heteroatoms. The van der Waals surface area contributed by atoms with Gasteiger partial charge < -0.3 is 9.80 Å². The van der Waals surface area contributed by atoms with Crippen molar-refractivity contribution in [2.45, 2.75) is 33.2 Å². The Hall–Kier alpha value is -1.84. The fourth-order valence-corrected chi connectivity index (χ4v) is 2.54. The maximum absolute atomic E-state index is 12.5. The molecule has 0 bridgehead atoms. The molecule has 1 aliphatic rings. The van der Waals surface area contributed by atoms with E-state index in [1.165, 1.54) is 0 Å². The topological polar surface area (TPSA) is 40.6 Å². The average molecular weight is 274 g/mol. The van der Waals surface area contributed by atoms with Gasteiger partial charge in [0.05, 0.1) is 0 Å². The zero-order chi connectivity index (χ0) is 14.9. The summed E-state index contributed by atoms with van der Waals surface area (Å²) in [5.74, 6) is -0.0318. The number of aryl methyl sites for hydroxylation is 1. The van der Waals surface area contributed by atoms with Crippen LogP contribution >= 0.6 is 0 Å². The Morgan fingerprint density at radius 2 is 1.80 bits per heavy atom. The van der Waals surface area contributed by atoms with Crippen LogP contribution in [0.2, 0.25) is 0 Å². The van der Waals surface area contributed by atoms with Crippen molar-refractivity contribution in [1.29, 1.82) is 0 Å². The van der Waals surface area contributed by atoms with Gasteiger partial charge in [-0.2, -0.15) is 0 Å². The smallest absolute Gasteiger partial charge is 0.254 e. The first kappa shape index (κ1) is 14.6. The van der Waals surface area contributed by atoms with Crippen LogP contribution < -0.4 is 0 Å². The second-order valence-corrected chi connectivity index (χ2v) is 6.26. The third-order valence-electron chi connectivity index (χ3n) is 3.69. The Labute approximate surface area is 120 Å². The molecule has 1 fully saturated rings. The Bertz CT molecular complexity index is 532. The molecule has 0 aromatic heterocycles. The van der Waals surface area contributed by atoms with Gasteiger partial charge in [-0.1, -0.05) is 18.2 Å². The highest BCUT2D eigenvalue weighted by molar-refractivity contribution is 5.98. The lowest BCUT2D eigenvalue weighted by Crippen LogP contribution is -2.58. The number of carbonyl (C=O) groups is 2. The van der Waals surface area contributed by atoms with Crippen LogP contribution in [0, 0.1) is 6.92 Å². The molecule has 1 saturated heterocycles. The molecule has 0 N–H and O–H groups in total. The fourth-order valence-electron chi connectivity index (χ4n) is 2.54. The lowest BCUT2D eigenvalue weighted by atomic mass is 10.0. The van der Waals surface area contributed by atoms with Crippen LogP contribution in [0.25, 0.3) is 0 Å². The van der Waals surface area contributed by atoms with Gasteiger partial charge in [0.25, 0.3) is 5.91 Å². The molecule has 2 rings (SSSR count). The van der Waals surface area contributed by atoms with E-state index in [1.54, 1.807) is 4.90 Å². The summed E-state index contributed by atoms with van der Waals surface area (Å²) in [6.07, 6.45) is 0. The van der Waals surface area contributed by atoms with Gasteiger partial charge in [0.2, 0.25) is 5.91 Å². The van der Waals surface area contributed by atoms with Crippen molar-refractivity contribution in [2.75, 3.05) is 19.6 Å². The van der Waals surface area contributed by atoms with Crippen molar-refractivity contribution in [3.63, 3.8) is 0 Å². The molecular weight excluding hydrogens is 252 g/mol. The van der Waals surface area contributed by atoms with Gasteiger partial charge in [0.15, 0.2) is 0 Å². The maximum Gasteiger partial charge on any atom is 0.254 e. The van der Waals surface area contributed by atoms with Crippen molar-refractivity contribution >= 4 is 11.8 Å². The van der Waals surface area contributed by atoms with Gasteiger partial charge in [-0.25, -0.2) is 0 Å². The van der Waals surface area contributed by atoms with Crippen molar-refractivity contribution < 1.29 is 9.59 Å². The second kappa shape index (κ2) is 5.27. The van der Waals surface area contributed by atoms with Gasteiger partial charge in [0, 0.05) is 24.2 Å². The highest BCUT2D eigenvalue weighted by atomic mass is 16.2. The molecule has 0 unspecified atom stereocenters. The predicted molar refractivity (Wildman–Crippen MR) is 78.5 cm³/mol. The predicted octanol–water partition coefficient (Wildman–Crippen LogP) is 2.08. The number of carbonyl (C=O) groups excluding carboxylic acids is 2. The first-order valence-electron chi connectivity index (χ1n) is 6.96. The molecule has 0 saturated carbocycles. The van der Waals surface area contributed by atoms with Crippen molar-refractivity contribution in [1.82, 2.24) is 9.80 Å². The summed E-state index contributed by atoms with van der Waals surface area (Å²) in [5, 5.41) is 0. The fraction of sp³-hybridized carbons (Fsp3) is 0.500.